The number of carbonyl (C=O) groups is 1. The molecule has 0 saturated heterocycles. The smallest absolute Gasteiger partial charge is 0.248 e. The highest BCUT2D eigenvalue weighted by molar-refractivity contribution is 5.77. The maximum absolute atomic E-state index is 12.1. The van der Waals surface area contributed by atoms with Gasteiger partial charge >= 0.3 is 0 Å². The van der Waals surface area contributed by atoms with Gasteiger partial charge in [-0.15, -0.1) is 0 Å². The first-order valence-electron chi connectivity index (χ1n) is 7.49. The summed E-state index contributed by atoms with van der Waals surface area (Å²) in [5, 5.41) is 9.44. The molecule has 1 fully saturated rings. The van der Waals surface area contributed by atoms with E-state index in [4.69, 9.17) is 4.74 Å². The number of ether oxygens (including phenoxy) is 1. The Balaban J connectivity index is 2.39. The standard InChI is InChI=1S/C15H29NO3/c1-11(2)16(9-13(4)17)15(18)10-19-14-7-5-6-12(3)8-14/h11-14,17H,5-10H2,1-4H3. The molecule has 4 nitrogen and oxygen atoms in total. The van der Waals surface area contributed by atoms with Crippen LogP contribution in [0.1, 0.15) is 53.4 Å². The van der Waals surface area contributed by atoms with Gasteiger partial charge in [0.25, 0.3) is 0 Å². The highest BCUT2D eigenvalue weighted by Crippen LogP contribution is 2.25. The van der Waals surface area contributed by atoms with Gasteiger partial charge < -0.3 is 14.7 Å². The summed E-state index contributed by atoms with van der Waals surface area (Å²) in [6, 6.07) is 0.0935. The van der Waals surface area contributed by atoms with E-state index in [9.17, 15) is 9.90 Å². The third kappa shape index (κ3) is 5.91. The molecule has 19 heavy (non-hydrogen) atoms. The van der Waals surface area contributed by atoms with Crippen molar-refractivity contribution < 1.29 is 14.6 Å². The van der Waals surface area contributed by atoms with Gasteiger partial charge in [0, 0.05) is 12.6 Å². The number of hydrogen-bond donors (Lipinski definition) is 1. The second-order valence-corrected chi connectivity index (χ2v) is 6.19. The first kappa shape index (κ1) is 16.4. The molecule has 1 rings (SSSR count). The summed E-state index contributed by atoms with van der Waals surface area (Å²) in [4.78, 5) is 13.8. The average Bonchev–Trinajstić information content (AvgIpc) is 2.32. The lowest BCUT2D eigenvalue weighted by atomic mass is 9.89. The number of rotatable bonds is 6. The van der Waals surface area contributed by atoms with E-state index < -0.39 is 6.10 Å². The first-order valence-corrected chi connectivity index (χ1v) is 7.49. The van der Waals surface area contributed by atoms with Crippen molar-refractivity contribution in [3.8, 4) is 0 Å². The van der Waals surface area contributed by atoms with Crippen LogP contribution >= 0.6 is 0 Å². The molecule has 0 bridgehead atoms. The number of aliphatic hydroxyl groups is 1. The zero-order valence-electron chi connectivity index (χ0n) is 12.8. The fraction of sp³-hybridized carbons (Fsp3) is 0.933. The molecule has 1 saturated carbocycles. The van der Waals surface area contributed by atoms with E-state index in [0.29, 0.717) is 12.5 Å². The van der Waals surface area contributed by atoms with Crippen LogP contribution in [0.5, 0.6) is 0 Å². The van der Waals surface area contributed by atoms with Crippen molar-refractivity contribution in [2.75, 3.05) is 13.2 Å². The molecule has 3 atom stereocenters. The minimum absolute atomic E-state index is 0.0193. The van der Waals surface area contributed by atoms with Gasteiger partial charge in [-0.1, -0.05) is 19.8 Å². The Morgan fingerprint density at radius 1 is 1.37 bits per heavy atom. The average molecular weight is 271 g/mol. The largest absolute Gasteiger partial charge is 0.392 e. The molecule has 0 aromatic carbocycles. The van der Waals surface area contributed by atoms with E-state index >= 15 is 0 Å². The molecular weight excluding hydrogens is 242 g/mol. The SMILES string of the molecule is CC(O)CN(C(=O)COC1CCCC(C)C1)C(C)C. The molecule has 1 aliphatic carbocycles. The molecule has 0 radical (unpaired) electrons. The number of aliphatic hydroxyl groups excluding tert-OH is 1. The van der Waals surface area contributed by atoms with Crippen LogP contribution in [0.15, 0.2) is 0 Å². The van der Waals surface area contributed by atoms with E-state index in [1.165, 1.54) is 12.8 Å². The van der Waals surface area contributed by atoms with Gasteiger partial charge in [-0.3, -0.25) is 4.79 Å². The van der Waals surface area contributed by atoms with Crippen molar-refractivity contribution in [3.05, 3.63) is 0 Å². The molecule has 1 N–H and O–H groups in total. The third-order valence-electron chi connectivity index (χ3n) is 3.74. The number of amides is 1. The summed E-state index contributed by atoms with van der Waals surface area (Å²) < 4.78 is 5.76. The van der Waals surface area contributed by atoms with Gasteiger partial charge in [0.15, 0.2) is 0 Å². The van der Waals surface area contributed by atoms with E-state index in [-0.39, 0.29) is 24.7 Å². The monoisotopic (exact) mass is 271 g/mol. The highest BCUT2D eigenvalue weighted by atomic mass is 16.5. The summed E-state index contributed by atoms with van der Waals surface area (Å²) in [6.45, 7) is 8.38. The van der Waals surface area contributed by atoms with Crippen molar-refractivity contribution in [3.63, 3.8) is 0 Å². The molecule has 0 aliphatic heterocycles. The third-order valence-corrected chi connectivity index (χ3v) is 3.74. The lowest BCUT2D eigenvalue weighted by molar-refractivity contribution is -0.142. The van der Waals surface area contributed by atoms with Crippen LogP contribution in [0, 0.1) is 5.92 Å². The van der Waals surface area contributed by atoms with Crippen molar-refractivity contribution in [2.24, 2.45) is 5.92 Å². The van der Waals surface area contributed by atoms with Crippen LogP contribution < -0.4 is 0 Å². The van der Waals surface area contributed by atoms with Crippen molar-refractivity contribution in [1.29, 1.82) is 0 Å². The van der Waals surface area contributed by atoms with Gasteiger partial charge in [-0.05, 0) is 39.5 Å². The normalized spacial score (nSPS) is 25.4. The van der Waals surface area contributed by atoms with Crippen LogP contribution in [-0.4, -0.2) is 47.3 Å². The van der Waals surface area contributed by atoms with E-state index in [1.54, 1.807) is 11.8 Å². The molecule has 1 aliphatic rings. The summed E-state index contributed by atoms with van der Waals surface area (Å²) in [5.41, 5.74) is 0. The van der Waals surface area contributed by atoms with Gasteiger partial charge in [-0.2, -0.15) is 0 Å². The lowest BCUT2D eigenvalue weighted by Gasteiger charge is -2.30. The van der Waals surface area contributed by atoms with Gasteiger partial charge in [0.2, 0.25) is 5.91 Å². The second kappa shape index (κ2) is 7.85. The Kier molecular flexibility index (Phi) is 6.80. The Labute approximate surface area is 117 Å². The van der Waals surface area contributed by atoms with Gasteiger partial charge in [-0.25, -0.2) is 0 Å². The zero-order valence-corrected chi connectivity index (χ0v) is 12.8. The maximum Gasteiger partial charge on any atom is 0.248 e. The quantitative estimate of drug-likeness (QED) is 0.805. The molecule has 3 unspecified atom stereocenters. The molecule has 1 amide bonds. The van der Waals surface area contributed by atoms with Gasteiger partial charge in [0.1, 0.15) is 6.61 Å². The fourth-order valence-corrected chi connectivity index (χ4v) is 2.69. The Hall–Kier alpha value is -0.610. The molecular formula is C15H29NO3. The lowest BCUT2D eigenvalue weighted by Crippen LogP contribution is -2.43. The summed E-state index contributed by atoms with van der Waals surface area (Å²) >= 11 is 0. The highest BCUT2D eigenvalue weighted by Gasteiger charge is 2.23. The predicted molar refractivity (Wildman–Crippen MR) is 75.9 cm³/mol. The van der Waals surface area contributed by atoms with Crippen molar-refractivity contribution in [1.82, 2.24) is 4.90 Å². The molecule has 0 spiro atoms. The fourth-order valence-electron chi connectivity index (χ4n) is 2.69. The van der Waals surface area contributed by atoms with Crippen LogP contribution in [0.25, 0.3) is 0 Å². The van der Waals surface area contributed by atoms with E-state index in [2.05, 4.69) is 6.92 Å². The predicted octanol–water partition coefficient (Wildman–Crippen LogP) is 2.20. The summed E-state index contributed by atoms with van der Waals surface area (Å²) in [6.07, 6.45) is 4.32. The summed E-state index contributed by atoms with van der Waals surface area (Å²) in [5.74, 6) is 0.682. The zero-order chi connectivity index (χ0) is 14.4. The van der Waals surface area contributed by atoms with Gasteiger partial charge in [0.05, 0.1) is 12.2 Å². The van der Waals surface area contributed by atoms with Crippen LogP contribution in [0.3, 0.4) is 0 Å². The number of nitrogens with zero attached hydrogens (tertiary/aromatic N) is 1. The Morgan fingerprint density at radius 2 is 2.05 bits per heavy atom. The van der Waals surface area contributed by atoms with Crippen LogP contribution in [0.2, 0.25) is 0 Å². The molecule has 4 heteroatoms. The first-order chi connectivity index (χ1) is 8.90. The summed E-state index contributed by atoms with van der Waals surface area (Å²) in [7, 11) is 0. The van der Waals surface area contributed by atoms with Crippen LogP contribution in [0.4, 0.5) is 0 Å². The minimum Gasteiger partial charge on any atom is -0.392 e. The Morgan fingerprint density at radius 3 is 2.58 bits per heavy atom. The minimum atomic E-state index is -0.499. The number of carbonyl (C=O) groups excluding carboxylic acids is 1. The molecule has 0 aromatic rings. The van der Waals surface area contributed by atoms with Crippen molar-refractivity contribution in [2.45, 2.75) is 71.6 Å². The van der Waals surface area contributed by atoms with E-state index in [1.807, 2.05) is 13.8 Å². The van der Waals surface area contributed by atoms with E-state index in [0.717, 1.165) is 12.8 Å². The maximum atomic E-state index is 12.1. The number of hydrogen-bond acceptors (Lipinski definition) is 3. The van der Waals surface area contributed by atoms with Crippen molar-refractivity contribution >= 4 is 5.91 Å². The second-order valence-electron chi connectivity index (χ2n) is 6.19. The molecule has 0 heterocycles. The van der Waals surface area contributed by atoms with Crippen LogP contribution in [-0.2, 0) is 9.53 Å². The Bertz CT molecular complexity index is 279. The molecule has 112 valence electrons. The molecule has 0 aromatic heterocycles. The topological polar surface area (TPSA) is 49.8 Å².